The maximum Gasteiger partial charge on any atom is 0.124 e. The third-order valence-electron chi connectivity index (χ3n) is 2.94. The van der Waals surface area contributed by atoms with Gasteiger partial charge in [-0.05, 0) is 36.7 Å². The van der Waals surface area contributed by atoms with Crippen molar-refractivity contribution in [3.63, 3.8) is 0 Å². The Morgan fingerprint density at radius 3 is 2.75 bits per heavy atom. The van der Waals surface area contributed by atoms with Crippen LogP contribution in [0.25, 0.3) is 0 Å². The summed E-state index contributed by atoms with van der Waals surface area (Å²) < 4.78 is 13.6. The second kappa shape index (κ2) is 9.49. The van der Waals surface area contributed by atoms with Crippen molar-refractivity contribution in [1.82, 2.24) is 4.90 Å². The largest absolute Gasteiger partial charge is 0.395 e. The summed E-state index contributed by atoms with van der Waals surface area (Å²) in [5.41, 5.74) is 6.84. The van der Waals surface area contributed by atoms with Gasteiger partial charge in [0.1, 0.15) is 5.82 Å². The topological polar surface area (TPSA) is 49.5 Å². The Kier molecular flexibility index (Phi) is 7.89. The Hall–Kier alpha value is -1.41. The first-order valence-electron chi connectivity index (χ1n) is 7.01. The third kappa shape index (κ3) is 6.16. The molecule has 1 aromatic rings. The number of hydrogen-bond donors (Lipinski definition) is 2. The Bertz CT molecular complexity index is 465. The number of halogens is 1. The molecule has 0 saturated heterocycles. The first kappa shape index (κ1) is 16.6. The van der Waals surface area contributed by atoms with E-state index in [4.69, 9.17) is 10.8 Å². The maximum absolute atomic E-state index is 13.6. The predicted octanol–water partition coefficient (Wildman–Crippen LogP) is 1.73. The monoisotopic (exact) mass is 278 g/mol. The zero-order chi connectivity index (χ0) is 14.8. The lowest BCUT2D eigenvalue weighted by molar-refractivity contribution is 0.188. The van der Waals surface area contributed by atoms with Gasteiger partial charge in [-0.15, -0.1) is 0 Å². The Balaban J connectivity index is 2.80. The van der Waals surface area contributed by atoms with E-state index >= 15 is 0 Å². The average molecular weight is 278 g/mol. The fourth-order valence-corrected chi connectivity index (χ4v) is 2.02. The molecular formula is C16H23FN2O. The fourth-order valence-electron chi connectivity index (χ4n) is 2.02. The molecule has 0 atom stereocenters. The lowest BCUT2D eigenvalue weighted by Gasteiger charge is -2.21. The van der Waals surface area contributed by atoms with Gasteiger partial charge in [0.25, 0.3) is 0 Å². The van der Waals surface area contributed by atoms with Gasteiger partial charge in [-0.1, -0.05) is 25.2 Å². The van der Waals surface area contributed by atoms with Crippen molar-refractivity contribution < 1.29 is 9.50 Å². The van der Waals surface area contributed by atoms with Crippen molar-refractivity contribution in [2.24, 2.45) is 5.73 Å². The number of unbranched alkanes of at least 4 members (excludes halogenated alkanes) is 1. The first-order valence-corrected chi connectivity index (χ1v) is 7.01. The molecule has 0 unspecified atom stereocenters. The fraction of sp³-hybridized carbons (Fsp3) is 0.500. The minimum atomic E-state index is -0.289. The van der Waals surface area contributed by atoms with Crippen LogP contribution in [-0.2, 0) is 6.54 Å². The van der Waals surface area contributed by atoms with Crippen LogP contribution in [0.4, 0.5) is 4.39 Å². The third-order valence-corrected chi connectivity index (χ3v) is 2.94. The molecule has 0 amide bonds. The van der Waals surface area contributed by atoms with Crippen LogP contribution in [0.1, 0.15) is 30.9 Å². The molecule has 0 fully saturated rings. The molecule has 3 nitrogen and oxygen atoms in total. The molecule has 0 heterocycles. The number of nitrogens with zero attached hydrogens (tertiary/aromatic N) is 1. The zero-order valence-electron chi connectivity index (χ0n) is 12.0. The second-order valence-corrected chi connectivity index (χ2v) is 4.71. The molecule has 0 aliphatic heterocycles. The van der Waals surface area contributed by atoms with E-state index in [2.05, 4.69) is 23.7 Å². The molecule has 110 valence electrons. The van der Waals surface area contributed by atoms with Gasteiger partial charge in [0.15, 0.2) is 0 Å². The zero-order valence-corrected chi connectivity index (χ0v) is 12.0. The van der Waals surface area contributed by atoms with Crippen molar-refractivity contribution in [3.05, 3.63) is 35.1 Å². The summed E-state index contributed by atoms with van der Waals surface area (Å²) in [6, 6.07) is 4.81. The summed E-state index contributed by atoms with van der Waals surface area (Å²) in [5, 5.41) is 9.09. The van der Waals surface area contributed by atoms with Crippen LogP contribution in [0.5, 0.6) is 0 Å². The standard InChI is InChI=1S/C16H23FN2O/c1-2-3-7-19(8-9-20)13-15-10-14(5-4-6-18)11-16(17)12-15/h10-12,20H,2-3,6-9,13,18H2,1H3. The maximum atomic E-state index is 13.6. The van der Waals surface area contributed by atoms with Crippen LogP contribution in [0.3, 0.4) is 0 Å². The molecule has 0 aliphatic rings. The van der Waals surface area contributed by atoms with Gasteiger partial charge >= 0.3 is 0 Å². The molecule has 3 N–H and O–H groups in total. The van der Waals surface area contributed by atoms with Gasteiger partial charge in [0, 0.05) is 18.7 Å². The predicted molar refractivity (Wildman–Crippen MR) is 79.6 cm³/mol. The molecule has 1 aromatic carbocycles. The molecule has 0 saturated carbocycles. The molecular weight excluding hydrogens is 255 g/mol. The summed E-state index contributed by atoms with van der Waals surface area (Å²) in [5.74, 6) is 5.29. The average Bonchev–Trinajstić information content (AvgIpc) is 2.42. The summed E-state index contributed by atoms with van der Waals surface area (Å²) in [6.45, 7) is 4.62. The smallest absolute Gasteiger partial charge is 0.124 e. The normalized spacial score (nSPS) is 10.4. The summed E-state index contributed by atoms with van der Waals surface area (Å²) >= 11 is 0. The van der Waals surface area contributed by atoms with Crippen LogP contribution in [-0.4, -0.2) is 36.2 Å². The van der Waals surface area contributed by atoms with Gasteiger partial charge in [-0.25, -0.2) is 4.39 Å². The summed E-state index contributed by atoms with van der Waals surface area (Å²) in [7, 11) is 0. The second-order valence-electron chi connectivity index (χ2n) is 4.71. The van der Waals surface area contributed by atoms with E-state index in [0.717, 1.165) is 24.9 Å². The van der Waals surface area contributed by atoms with E-state index in [1.165, 1.54) is 12.1 Å². The van der Waals surface area contributed by atoms with Crippen LogP contribution in [0.15, 0.2) is 18.2 Å². The highest BCUT2D eigenvalue weighted by molar-refractivity contribution is 5.38. The number of rotatable bonds is 7. The van der Waals surface area contributed by atoms with E-state index < -0.39 is 0 Å². The van der Waals surface area contributed by atoms with Crippen molar-refractivity contribution >= 4 is 0 Å². The Morgan fingerprint density at radius 2 is 2.10 bits per heavy atom. The molecule has 1 rings (SSSR count). The minimum Gasteiger partial charge on any atom is -0.395 e. The molecule has 0 bridgehead atoms. The van der Waals surface area contributed by atoms with Crippen LogP contribution in [0, 0.1) is 17.7 Å². The number of aliphatic hydroxyl groups excluding tert-OH is 1. The summed E-state index contributed by atoms with van der Waals surface area (Å²) in [6.07, 6.45) is 2.16. The molecule has 20 heavy (non-hydrogen) atoms. The molecule has 4 heteroatoms. The minimum absolute atomic E-state index is 0.110. The Labute approximate surface area is 120 Å². The first-order chi connectivity index (χ1) is 9.69. The molecule has 0 radical (unpaired) electrons. The van der Waals surface area contributed by atoms with Gasteiger partial charge in [-0.3, -0.25) is 4.90 Å². The van der Waals surface area contributed by atoms with Gasteiger partial charge in [-0.2, -0.15) is 0 Å². The quantitative estimate of drug-likeness (QED) is 0.747. The van der Waals surface area contributed by atoms with Gasteiger partial charge in [0.2, 0.25) is 0 Å². The number of hydrogen-bond acceptors (Lipinski definition) is 3. The van der Waals surface area contributed by atoms with Gasteiger partial charge in [0.05, 0.1) is 13.2 Å². The number of benzene rings is 1. The van der Waals surface area contributed by atoms with Gasteiger partial charge < -0.3 is 10.8 Å². The lowest BCUT2D eigenvalue weighted by atomic mass is 10.1. The SMILES string of the molecule is CCCCN(CCO)Cc1cc(F)cc(C#CCN)c1. The van der Waals surface area contributed by atoms with Crippen LogP contribution in [0.2, 0.25) is 0 Å². The number of aliphatic hydroxyl groups is 1. The Morgan fingerprint density at radius 1 is 1.30 bits per heavy atom. The highest BCUT2D eigenvalue weighted by atomic mass is 19.1. The van der Waals surface area contributed by atoms with Crippen molar-refractivity contribution in [2.45, 2.75) is 26.3 Å². The van der Waals surface area contributed by atoms with Crippen molar-refractivity contribution in [2.75, 3.05) is 26.2 Å². The van der Waals surface area contributed by atoms with E-state index in [1.54, 1.807) is 0 Å². The van der Waals surface area contributed by atoms with Crippen molar-refractivity contribution in [1.29, 1.82) is 0 Å². The highest BCUT2D eigenvalue weighted by Gasteiger charge is 2.07. The molecule has 0 aliphatic carbocycles. The number of nitrogens with two attached hydrogens (primary N) is 1. The van der Waals surface area contributed by atoms with E-state index in [0.29, 0.717) is 18.7 Å². The molecule has 0 spiro atoms. The lowest BCUT2D eigenvalue weighted by Crippen LogP contribution is -2.27. The highest BCUT2D eigenvalue weighted by Crippen LogP contribution is 2.11. The van der Waals surface area contributed by atoms with Crippen LogP contribution < -0.4 is 5.73 Å². The van der Waals surface area contributed by atoms with E-state index in [-0.39, 0.29) is 19.0 Å². The van der Waals surface area contributed by atoms with E-state index in [9.17, 15) is 4.39 Å². The molecule has 0 aromatic heterocycles. The summed E-state index contributed by atoms with van der Waals surface area (Å²) in [4.78, 5) is 2.12. The van der Waals surface area contributed by atoms with Crippen molar-refractivity contribution in [3.8, 4) is 11.8 Å². The van der Waals surface area contributed by atoms with Crippen LogP contribution >= 0.6 is 0 Å². The van der Waals surface area contributed by atoms with E-state index in [1.807, 2.05) is 6.07 Å².